The number of alkyl halides is 1. The van der Waals surface area contributed by atoms with Crippen LogP contribution in [0.2, 0.25) is 0 Å². The van der Waals surface area contributed by atoms with Gasteiger partial charge in [0, 0.05) is 23.5 Å². The fraction of sp³-hybridized carbons (Fsp3) is 0.500. The van der Waals surface area contributed by atoms with Crippen molar-refractivity contribution in [1.29, 1.82) is 0 Å². The third kappa shape index (κ3) is 3.92. The maximum absolute atomic E-state index is 13.3. The lowest BCUT2D eigenvalue weighted by atomic mass is 10.1. The Morgan fingerprint density at radius 2 is 2.00 bits per heavy atom. The molecule has 0 bridgehead atoms. The molecule has 1 aromatic carbocycles. The largest absolute Gasteiger partial charge is 0.310 e. The molecule has 0 radical (unpaired) electrons. The summed E-state index contributed by atoms with van der Waals surface area (Å²) in [6.45, 7) is 4.87. The van der Waals surface area contributed by atoms with Gasteiger partial charge in [0.25, 0.3) is 0 Å². The molecule has 0 aliphatic carbocycles. The van der Waals surface area contributed by atoms with Gasteiger partial charge >= 0.3 is 0 Å². The number of rotatable bonds is 5. The fourth-order valence-electron chi connectivity index (χ4n) is 1.25. The summed E-state index contributed by atoms with van der Waals surface area (Å²) in [4.78, 5) is 0. The van der Waals surface area contributed by atoms with Gasteiger partial charge < -0.3 is 5.32 Å². The zero-order chi connectivity index (χ0) is 11.3. The third-order valence-corrected chi connectivity index (χ3v) is 3.69. The summed E-state index contributed by atoms with van der Waals surface area (Å²) in [5, 5.41) is 4.28. The van der Waals surface area contributed by atoms with Gasteiger partial charge in [-0.1, -0.05) is 41.1 Å². The van der Waals surface area contributed by atoms with Crippen LogP contribution in [-0.4, -0.2) is 11.4 Å². The minimum Gasteiger partial charge on any atom is -0.310 e. The van der Waals surface area contributed by atoms with E-state index in [1.54, 1.807) is 6.07 Å². The Balaban J connectivity index is 2.47. The Bertz CT molecular complexity index is 303. The molecule has 15 heavy (non-hydrogen) atoms. The predicted octanol–water partition coefficient (Wildman–Crippen LogP) is 3.33. The monoisotopic (exact) mass is 273 g/mol. The topological polar surface area (TPSA) is 12.0 Å². The van der Waals surface area contributed by atoms with Gasteiger partial charge in [-0.05, 0) is 18.9 Å². The fourth-order valence-corrected chi connectivity index (χ4v) is 1.81. The van der Waals surface area contributed by atoms with E-state index in [4.69, 9.17) is 0 Å². The molecule has 84 valence electrons. The summed E-state index contributed by atoms with van der Waals surface area (Å²) < 4.78 is 13.3. The van der Waals surface area contributed by atoms with Gasteiger partial charge in [0.1, 0.15) is 5.82 Å². The van der Waals surface area contributed by atoms with Gasteiger partial charge in [-0.15, -0.1) is 0 Å². The summed E-state index contributed by atoms with van der Waals surface area (Å²) in [7, 11) is 0. The molecular formula is C12H17BrFN. The van der Waals surface area contributed by atoms with E-state index in [-0.39, 0.29) is 5.82 Å². The second-order valence-corrected chi connectivity index (χ2v) is 4.54. The Kier molecular flexibility index (Phi) is 5.26. The molecule has 1 nitrogen and oxygen atoms in total. The smallest absolute Gasteiger partial charge is 0.127 e. The maximum atomic E-state index is 13.3. The van der Waals surface area contributed by atoms with Gasteiger partial charge in [-0.25, -0.2) is 4.39 Å². The Labute approximate surface area is 99.2 Å². The molecule has 1 aromatic rings. The molecule has 0 saturated carbocycles. The standard InChI is InChI=1S/C12H17BrFN/c1-9(7-13)10(2)15-8-11-5-3-4-6-12(11)14/h3-6,9-10,15H,7-8H2,1-2H3. The molecule has 0 saturated heterocycles. The van der Waals surface area contributed by atoms with Crippen LogP contribution >= 0.6 is 15.9 Å². The molecular weight excluding hydrogens is 257 g/mol. The van der Waals surface area contributed by atoms with Crippen LogP contribution < -0.4 is 5.32 Å². The number of benzene rings is 1. The average Bonchev–Trinajstić information content (AvgIpc) is 2.26. The van der Waals surface area contributed by atoms with Crippen LogP contribution in [0.25, 0.3) is 0 Å². The van der Waals surface area contributed by atoms with Crippen LogP contribution in [0.4, 0.5) is 4.39 Å². The van der Waals surface area contributed by atoms with Crippen molar-refractivity contribution in [1.82, 2.24) is 5.32 Å². The van der Waals surface area contributed by atoms with Crippen LogP contribution in [0, 0.1) is 11.7 Å². The lowest BCUT2D eigenvalue weighted by Crippen LogP contribution is -2.32. The summed E-state index contributed by atoms with van der Waals surface area (Å²) in [5.74, 6) is 0.403. The third-order valence-electron chi connectivity index (χ3n) is 2.67. The van der Waals surface area contributed by atoms with E-state index in [1.165, 1.54) is 6.07 Å². The highest BCUT2D eigenvalue weighted by Crippen LogP contribution is 2.09. The zero-order valence-electron chi connectivity index (χ0n) is 9.13. The molecule has 1 N–H and O–H groups in total. The number of hydrogen-bond donors (Lipinski definition) is 1. The van der Waals surface area contributed by atoms with E-state index < -0.39 is 0 Å². The van der Waals surface area contributed by atoms with Crippen molar-refractivity contribution in [2.24, 2.45) is 5.92 Å². The highest BCUT2D eigenvalue weighted by atomic mass is 79.9. The van der Waals surface area contributed by atoms with Crippen molar-refractivity contribution in [3.8, 4) is 0 Å². The Hall–Kier alpha value is -0.410. The molecule has 0 fully saturated rings. The van der Waals surface area contributed by atoms with Crippen molar-refractivity contribution in [3.05, 3.63) is 35.6 Å². The van der Waals surface area contributed by atoms with E-state index in [0.717, 1.165) is 10.9 Å². The lowest BCUT2D eigenvalue weighted by Gasteiger charge is -2.19. The van der Waals surface area contributed by atoms with Gasteiger partial charge in [0.15, 0.2) is 0 Å². The second-order valence-electron chi connectivity index (χ2n) is 3.89. The summed E-state index contributed by atoms with van der Waals surface area (Å²) in [6.07, 6.45) is 0. The van der Waals surface area contributed by atoms with Crippen LogP contribution in [0.1, 0.15) is 19.4 Å². The van der Waals surface area contributed by atoms with Crippen molar-refractivity contribution in [2.45, 2.75) is 26.4 Å². The highest BCUT2D eigenvalue weighted by Gasteiger charge is 2.10. The molecule has 0 amide bonds. The van der Waals surface area contributed by atoms with Crippen LogP contribution in [0.15, 0.2) is 24.3 Å². The van der Waals surface area contributed by atoms with Crippen LogP contribution in [0.5, 0.6) is 0 Å². The lowest BCUT2D eigenvalue weighted by molar-refractivity contribution is 0.428. The molecule has 0 aliphatic rings. The first-order chi connectivity index (χ1) is 7.15. The van der Waals surface area contributed by atoms with E-state index in [0.29, 0.717) is 18.5 Å². The molecule has 2 unspecified atom stereocenters. The van der Waals surface area contributed by atoms with Crippen molar-refractivity contribution in [2.75, 3.05) is 5.33 Å². The summed E-state index contributed by atoms with van der Waals surface area (Å²) >= 11 is 3.44. The SMILES string of the molecule is CC(CBr)C(C)NCc1ccccc1F. The molecule has 2 atom stereocenters. The maximum Gasteiger partial charge on any atom is 0.127 e. The quantitative estimate of drug-likeness (QED) is 0.812. The van der Waals surface area contributed by atoms with E-state index in [9.17, 15) is 4.39 Å². The van der Waals surface area contributed by atoms with E-state index in [1.807, 2.05) is 12.1 Å². The van der Waals surface area contributed by atoms with Crippen molar-refractivity contribution >= 4 is 15.9 Å². The Morgan fingerprint density at radius 1 is 1.33 bits per heavy atom. The molecule has 0 aromatic heterocycles. The number of nitrogens with one attached hydrogen (secondary N) is 1. The minimum absolute atomic E-state index is 0.135. The molecule has 0 heterocycles. The van der Waals surface area contributed by atoms with Crippen molar-refractivity contribution < 1.29 is 4.39 Å². The van der Waals surface area contributed by atoms with Gasteiger partial charge in [-0.2, -0.15) is 0 Å². The van der Waals surface area contributed by atoms with Gasteiger partial charge in [-0.3, -0.25) is 0 Å². The van der Waals surface area contributed by atoms with Crippen molar-refractivity contribution in [3.63, 3.8) is 0 Å². The van der Waals surface area contributed by atoms with E-state index in [2.05, 4.69) is 35.1 Å². The highest BCUT2D eigenvalue weighted by molar-refractivity contribution is 9.09. The average molecular weight is 274 g/mol. The van der Waals surface area contributed by atoms with Crippen LogP contribution in [0.3, 0.4) is 0 Å². The molecule has 0 aliphatic heterocycles. The van der Waals surface area contributed by atoms with Gasteiger partial charge in [0.05, 0.1) is 0 Å². The summed E-state index contributed by atoms with van der Waals surface area (Å²) in [5.41, 5.74) is 0.728. The normalized spacial score (nSPS) is 14.9. The molecule has 1 rings (SSSR count). The first kappa shape index (κ1) is 12.7. The van der Waals surface area contributed by atoms with Gasteiger partial charge in [0.2, 0.25) is 0 Å². The first-order valence-corrected chi connectivity index (χ1v) is 6.30. The second kappa shape index (κ2) is 6.23. The molecule has 3 heteroatoms. The summed E-state index contributed by atoms with van der Waals surface area (Å²) in [6, 6.07) is 7.26. The van der Waals surface area contributed by atoms with E-state index >= 15 is 0 Å². The molecule has 0 spiro atoms. The minimum atomic E-state index is -0.135. The first-order valence-electron chi connectivity index (χ1n) is 5.18. The Morgan fingerprint density at radius 3 is 2.60 bits per heavy atom. The predicted molar refractivity (Wildman–Crippen MR) is 65.7 cm³/mol. The number of hydrogen-bond acceptors (Lipinski definition) is 1. The van der Waals surface area contributed by atoms with Crippen LogP contribution in [-0.2, 0) is 6.54 Å². The zero-order valence-corrected chi connectivity index (χ0v) is 10.7. The number of halogens is 2.